The average molecular weight is 305 g/mol. The Morgan fingerprint density at radius 1 is 1.27 bits per heavy atom. The Labute approximate surface area is 128 Å². The summed E-state index contributed by atoms with van der Waals surface area (Å²) in [5, 5.41) is 3.46. The van der Waals surface area contributed by atoms with Gasteiger partial charge in [0, 0.05) is 32.6 Å². The van der Waals surface area contributed by atoms with E-state index in [-0.39, 0.29) is 11.2 Å². The molecule has 7 heteroatoms. The summed E-state index contributed by atoms with van der Waals surface area (Å²) < 4.78 is 4.77. The maximum atomic E-state index is 12.6. The lowest BCUT2D eigenvalue weighted by Crippen LogP contribution is -2.39. The van der Waals surface area contributed by atoms with E-state index in [0.717, 1.165) is 38.2 Å². The van der Waals surface area contributed by atoms with E-state index >= 15 is 0 Å². The smallest absolute Gasteiger partial charge is 0.321 e. The Morgan fingerprint density at radius 3 is 2.64 bits per heavy atom. The highest BCUT2D eigenvalue weighted by molar-refractivity contribution is 5.71. The fourth-order valence-electron chi connectivity index (χ4n) is 3.29. The molecule has 1 atom stereocenters. The minimum atomic E-state index is -0.300. The first-order valence-corrected chi connectivity index (χ1v) is 8.00. The lowest BCUT2D eigenvalue weighted by molar-refractivity contribution is 0.504. The Kier molecular flexibility index (Phi) is 3.90. The number of hydrogen-bond donors (Lipinski definition) is 1. The van der Waals surface area contributed by atoms with Crippen molar-refractivity contribution in [3.8, 4) is 0 Å². The van der Waals surface area contributed by atoms with Crippen molar-refractivity contribution in [2.75, 3.05) is 6.54 Å². The molecule has 0 aromatic carbocycles. The second-order valence-corrected chi connectivity index (χ2v) is 5.85. The summed E-state index contributed by atoms with van der Waals surface area (Å²) in [6, 6.07) is 0.370. The summed E-state index contributed by atoms with van der Waals surface area (Å²) >= 11 is 0. The van der Waals surface area contributed by atoms with Crippen molar-refractivity contribution in [3.05, 3.63) is 26.7 Å². The van der Waals surface area contributed by atoms with Crippen molar-refractivity contribution < 1.29 is 0 Å². The van der Waals surface area contributed by atoms with Gasteiger partial charge < -0.3 is 9.88 Å². The van der Waals surface area contributed by atoms with Crippen LogP contribution in [0.4, 0.5) is 0 Å². The van der Waals surface area contributed by atoms with Crippen LogP contribution in [0, 0.1) is 0 Å². The number of imidazole rings is 1. The zero-order valence-electron chi connectivity index (χ0n) is 13.4. The van der Waals surface area contributed by atoms with E-state index in [0.29, 0.717) is 23.8 Å². The SMILES string of the molecule is CCc1nc2c(c(=O)n(C)c(=O)n2CC)n1CC1CCCN1. The van der Waals surface area contributed by atoms with Gasteiger partial charge in [0.1, 0.15) is 5.82 Å². The normalized spacial score (nSPS) is 18.4. The van der Waals surface area contributed by atoms with Crippen LogP contribution >= 0.6 is 0 Å². The molecule has 2 aromatic heterocycles. The molecule has 2 aromatic rings. The van der Waals surface area contributed by atoms with Gasteiger partial charge in [-0.15, -0.1) is 0 Å². The molecule has 0 radical (unpaired) electrons. The number of aromatic nitrogens is 4. The molecule has 1 saturated heterocycles. The second kappa shape index (κ2) is 5.72. The van der Waals surface area contributed by atoms with Gasteiger partial charge in [-0.2, -0.15) is 0 Å². The minimum absolute atomic E-state index is 0.255. The van der Waals surface area contributed by atoms with E-state index in [2.05, 4.69) is 10.3 Å². The van der Waals surface area contributed by atoms with Crippen LogP contribution in [-0.4, -0.2) is 31.3 Å². The maximum Gasteiger partial charge on any atom is 0.332 e. The number of nitrogens with one attached hydrogen (secondary N) is 1. The Bertz CT molecular complexity index is 808. The van der Waals surface area contributed by atoms with Gasteiger partial charge in [-0.05, 0) is 26.3 Å². The molecule has 0 amide bonds. The molecule has 1 aliphatic heterocycles. The number of hydrogen-bond acceptors (Lipinski definition) is 4. The maximum absolute atomic E-state index is 12.6. The van der Waals surface area contributed by atoms with Gasteiger partial charge in [0.2, 0.25) is 0 Å². The Hall–Kier alpha value is -1.89. The molecule has 120 valence electrons. The molecule has 22 heavy (non-hydrogen) atoms. The molecule has 0 aliphatic carbocycles. The first kappa shape index (κ1) is 15.0. The summed E-state index contributed by atoms with van der Waals surface area (Å²) in [6.07, 6.45) is 3.01. The summed E-state index contributed by atoms with van der Waals surface area (Å²) in [5.41, 5.74) is 0.515. The number of rotatable bonds is 4. The van der Waals surface area contributed by atoms with Gasteiger partial charge in [-0.3, -0.25) is 13.9 Å². The van der Waals surface area contributed by atoms with E-state index in [1.165, 1.54) is 11.6 Å². The topological polar surface area (TPSA) is 73.8 Å². The quantitative estimate of drug-likeness (QED) is 0.877. The first-order chi connectivity index (χ1) is 10.6. The largest absolute Gasteiger partial charge is 0.332 e. The van der Waals surface area contributed by atoms with Crippen LogP contribution in [0.1, 0.15) is 32.5 Å². The van der Waals surface area contributed by atoms with Gasteiger partial charge in [-0.1, -0.05) is 6.92 Å². The van der Waals surface area contributed by atoms with Crippen molar-refractivity contribution in [2.24, 2.45) is 7.05 Å². The van der Waals surface area contributed by atoms with E-state index in [9.17, 15) is 9.59 Å². The van der Waals surface area contributed by atoms with Crippen LogP contribution in [0.15, 0.2) is 9.59 Å². The van der Waals surface area contributed by atoms with E-state index in [1.807, 2.05) is 18.4 Å². The van der Waals surface area contributed by atoms with Crippen LogP contribution < -0.4 is 16.6 Å². The van der Waals surface area contributed by atoms with Crippen LogP contribution in [0.5, 0.6) is 0 Å². The van der Waals surface area contributed by atoms with Crippen LogP contribution in [0.25, 0.3) is 11.2 Å². The second-order valence-electron chi connectivity index (χ2n) is 5.85. The highest BCUT2D eigenvalue weighted by atomic mass is 16.2. The molecule has 3 heterocycles. The molecular weight excluding hydrogens is 282 g/mol. The highest BCUT2D eigenvalue weighted by Gasteiger charge is 2.22. The molecular formula is C15H23N5O2. The van der Waals surface area contributed by atoms with Gasteiger partial charge >= 0.3 is 5.69 Å². The lowest BCUT2D eigenvalue weighted by Gasteiger charge is -2.14. The standard InChI is InChI=1S/C15H23N5O2/c1-4-11-17-13-12(20(11)9-10-7-6-8-16-10)14(21)18(3)15(22)19(13)5-2/h10,16H,4-9H2,1-3H3. The van der Waals surface area contributed by atoms with Crippen LogP contribution in [-0.2, 0) is 26.6 Å². The van der Waals surface area contributed by atoms with Gasteiger partial charge in [0.15, 0.2) is 11.2 Å². The summed E-state index contributed by atoms with van der Waals surface area (Å²) in [4.78, 5) is 29.5. The molecule has 1 N–H and O–H groups in total. The van der Waals surface area contributed by atoms with Crippen molar-refractivity contribution in [1.29, 1.82) is 0 Å². The third kappa shape index (κ3) is 2.20. The molecule has 0 spiro atoms. The third-order valence-corrected chi connectivity index (χ3v) is 4.51. The van der Waals surface area contributed by atoms with Crippen molar-refractivity contribution in [2.45, 2.75) is 52.2 Å². The molecule has 0 saturated carbocycles. The fraction of sp³-hybridized carbons (Fsp3) is 0.667. The van der Waals surface area contributed by atoms with E-state index in [1.54, 1.807) is 4.57 Å². The Balaban J connectivity index is 2.28. The van der Waals surface area contributed by atoms with Crippen molar-refractivity contribution >= 4 is 11.2 Å². The highest BCUT2D eigenvalue weighted by Crippen LogP contribution is 2.16. The predicted octanol–water partition coefficient (Wildman–Crippen LogP) is 0.231. The van der Waals surface area contributed by atoms with Crippen molar-refractivity contribution in [1.82, 2.24) is 24.0 Å². The van der Waals surface area contributed by atoms with Gasteiger partial charge in [0.05, 0.1) is 0 Å². The van der Waals surface area contributed by atoms with Gasteiger partial charge in [0.25, 0.3) is 5.56 Å². The molecule has 1 aliphatic rings. The molecule has 1 fully saturated rings. The average Bonchev–Trinajstić information content (AvgIpc) is 3.14. The van der Waals surface area contributed by atoms with E-state index in [4.69, 9.17) is 0 Å². The Morgan fingerprint density at radius 2 is 2.05 bits per heavy atom. The summed E-state index contributed by atoms with van der Waals surface area (Å²) in [6.45, 7) is 6.19. The summed E-state index contributed by atoms with van der Waals surface area (Å²) in [5.74, 6) is 0.869. The third-order valence-electron chi connectivity index (χ3n) is 4.51. The zero-order valence-corrected chi connectivity index (χ0v) is 13.4. The monoisotopic (exact) mass is 305 g/mol. The van der Waals surface area contributed by atoms with Gasteiger partial charge in [-0.25, -0.2) is 9.78 Å². The first-order valence-electron chi connectivity index (χ1n) is 8.00. The molecule has 0 bridgehead atoms. The number of fused-ring (bicyclic) bond motifs is 1. The summed E-state index contributed by atoms with van der Waals surface area (Å²) in [7, 11) is 1.53. The number of aryl methyl sites for hydroxylation is 2. The predicted molar refractivity (Wildman–Crippen MR) is 85.3 cm³/mol. The van der Waals surface area contributed by atoms with Crippen LogP contribution in [0.3, 0.4) is 0 Å². The zero-order chi connectivity index (χ0) is 15.9. The molecule has 7 nitrogen and oxygen atoms in total. The fourth-order valence-corrected chi connectivity index (χ4v) is 3.29. The number of nitrogens with zero attached hydrogens (tertiary/aromatic N) is 4. The minimum Gasteiger partial charge on any atom is -0.321 e. The lowest BCUT2D eigenvalue weighted by atomic mass is 10.2. The van der Waals surface area contributed by atoms with Crippen LogP contribution in [0.2, 0.25) is 0 Å². The van der Waals surface area contributed by atoms with E-state index < -0.39 is 0 Å². The molecule has 1 unspecified atom stereocenters. The van der Waals surface area contributed by atoms with Crippen molar-refractivity contribution in [3.63, 3.8) is 0 Å². The molecule has 3 rings (SSSR count).